The van der Waals surface area contributed by atoms with Crippen LogP contribution in [0.4, 0.5) is 0 Å². The van der Waals surface area contributed by atoms with Crippen LogP contribution < -0.4 is 10.4 Å². The Labute approximate surface area is 114 Å². The third-order valence-electron chi connectivity index (χ3n) is 3.84. The van der Waals surface area contributed by atoms with Gasteiger partial charge in [0.05, 0.1) is 8.31 Å². The summed E-state index contributed by atoms with van der Waals surface area (Å²) in [5.74, 6) is 0. The number of hydrogen-bond acceptors (Lipinski definition) is 0. The van der Waals surface area contributed by atoms with Crippen molar-refractivity contribution in [2.24, 2.45) is 0 Å². The van der Waals surface area contributed by atoms with Crippen LogP contribution in [-0.4, -0.2) is 16.6 Å². The quantitative estimate of drug-likeness (QED) is 0.732. The van der Waals surface area contributed by atoms with Crippen LogP contribution in [0.25, 0.3) is 0 Å². The third-order valence-corrected chi connectivity index (χ3v) is 17.1. The first kappa shape index (κ1) is 13.3. The second-order valence-corrected chi connectivity index (χ2v) is 15.1. The van der Waals surface area contributed by atoms with Gasteiger partial charge in [-0.05, 0) is 0 Å². The molecular weight excluding hydrogens is 248 g/mol. The van der Waals surface area contributed by atoms with Crippen LogP contribution in [-0.2, 0) is 0 Å². The number of benzene rings is 2. The summed E-state index contributed by atoms with van der Waals surface area (Å²) >= 11 is 0. The summed E-state index contributed by atoms with van der Waals surface area (Å²) in [6.45, 7) is 4.79. The van der Waals surface area contributed by atoms with Crippen LogP contribution in [0.15, 0.2) is 60.7 Å². The lowest BCUT2D eigenvalue weighted by Crippen LogP contribution is -2.53. The maximum atomic E-state index is 2.40. The minimum absolute atomic E-state index is 0.621. The number of rotatable bonds is 5. The summed E-state index contributed by atoms with van der Waals surface area (Å²) in [5.41, 5.74) is 0. The van der Waals surface area contributed by atoms with E-state index in [9.17, 15) is 0 Å². The lowest BCUT2D eigenvalue weighted by molar-refractivity contribution is 1.34. The Kier molecular flexibility index (Phi) is 4.96. The standard InChI is InChI=1S/C16H22Si2/c1-3-17(4-2)18(15-11-7-5-8-12-15)16-13-9-6-10-14-16/h5-14,17-18H,3-4H2,1-2H3. The van der Waals surface area contributed by atoms with Crippen molar-refractivity contribution >= 4 is 27.0 Å². The van der Waals surface area contributed by atoms with Gasteiger partial charge in [-0.1, -0.05) is 97.0 Å². The van der Waals surface area contributed by atoms with Crippen LogP contribution in [0, 0.1) is 0 Å². The van der Waals surface area contributed by atoms with Gasteiger partial charge in [-0.25, -0.2) is 0 Å². The Bertz CT molecular complexity index is 410. The third kappa shape index (κ3) is 3.00. The fraction of sp³-hybridized carbons (Fsp3) is 0.250. The van der Waals surface area contributed by atoms with Crippen LogP contribution in [0.5, 0.6) is 0 Å². The molecular formula is C16H22Si2. The molecule has 0 saturated heterocycles. The molecule has 0 bridgehead atoms. The molecule has 2 aromatic rings. The Morgan fingerprint density at radius 1 is 0.667 bits per heavy atom. The lowest BCUT2D eigenvalue weighted by Gasteiger charge is -2.23. The van der Waals surface area contributed by atoms with E-state index < -0.39 is 16.6 Å². The van der Waals surface area contributed by atoms with Gasteiger partial charge >= 0.3 is 0 Å². The average Bonchev–Trinajstić information content (AvgIpc) is 2.46. The van der Waals surface area contributed by atoms with Gasteiger partial charge in [0.15, 0.2) is 0 Å². The van der Waals surface area contributed by atoms with Crippen molar-refractivity contribution in [3.63, 3.8) is 0 Å². The smallest absolute Gasteiger partial charge is 0.0682 e. The molecule has 0 unspecified atom stereocenters. The van der Waals surface area contributed by atoms with Crippen LogP contribution in [0.3, 0.4) is 0 Å². The van der Waals surface area contributed by atoms with E-state index in [1.807, 2.05) is 0 Å². The van der Waals surface area contributed by atoms with Crippen molar-refractivity contribution in [3.8, 4) is 0 Å². The van der Waals surface area contributed by atoms with Gasteiger partial charge in [-0.2, -0.15) is 0 Å². The fourth-order valence-electron chi connectivity index (χ4n) is 2.82. The molecule has 2 rings (SSSR count). The Morgan fingerprint density at radius 3 is 1.39 bits per heavy atom. The first-order chi connectivity index (χ1) is 8.86. The summed E-state index contributed by atoms with van der Waals surface area (Å²) < 4.78 is 0. The van der Waals surface area contributed by atoms with Crippen molar-refractivity contribution in [2.45, 2.75) is 25.9 Å². The highest BCUT2D eigenvalue weighted by molar-refractivity contribution is 7.33. The van der Waals surface area contributed by atoms with Crippen LogP contribution in [0.2, 0.25) is 12.1 Å². The summed E-state index contributed by atoms with van der Waals surface area (Å²) in [4.78, 5) is 0. The van der Waals surface area contributed by atoms with E-state index in [0.717, 1.165) is 0 Å². The maximum absolute atomic E-state index is 2.40. The summed E-state index contributed by atoms with van der Waals surface area (Å²) in [5, 5.41) is 3.29. The maximum Gasteiger partial charge on any atom is 0.0927 e. The first-order valence-electron chi connectivity index (χ1n) is 6.96. The van der Waals surface area contributed by atoms with Crippen molar-refractivity contribution in [3.05, 3.63) is 60.7 Å². The van der Waals surface area contributed by atoms with Crippen molar-refractivity contribution in [2.75, 3.05) is 0 Å². The Balaban J connectivity index is 2.41. The van der Waals surface area contributed by atoms with Crippen molar-refractivity contribution < 1.29 is 0 Å². The minimum Gasteiger partial charge on any atom is -0.0682 e. The Morgan fingerprint density at radius 2 is 1.06 bits per heavy atom. The zero-order chi connectivity index (χ0) is 12.8. The minimum atomic E-state index is -0.926. The molecule has 0 heterocycles. The highest BCUT2D eigenvalue weighted by Gasteiger charge is 2.24. The molecule has 0 aliphatic heterocycles. The summed E-state index contributed by atoms with van der Waals surface area (Å²) in [6.07, 6.45) is 0. The van der Waals surface area contributed by atoms with E-state index >= 15 is 0 Å². The molecule has 0 atom stereocenters. The molecule has 0 aliphatic rings. The summed E-state index contributed by atoms with van der Waals surface area (Å²) in [6, 6.07) is 25.4. The largest absolute Gasteiger partial charge is 0.0927 e. The zero-order valence-electron chi connectivity index (χ0n) is 11.3. The molecule has 0 spiro atoms. The predicted octanol–water partition coefficient (Wildman–Crippen LogP) is 2.37. The van der Waals surface area contributed by atoms with Gasteiger partial charge in [0, 0.05) is 8.31 Å². The van der Waals surface area contributed by atoms with Crippen LogP contribution >= 0.6 is 0 Å². The summed E-state index contributed by atoms with van der Waals surface area (Å²) in [7, 11) is -1.55. The molecule has 0 saturated carbocycles. The molecule has 18 heavy (non-hydrogen) atoms. The van der Waals surface area contributed by atoms with E-state index in [1.54, 1.807) is 10.4 Å². The molecule has 2 heteroatoms. The van der Waals surface area contributed by atoms with E-state index in [4.69, 9.17) is 0 Å². The normalized spacial score (nSPS) is 11.1. The molecule has 94 valence electrons. The van der Waals surface area contributed by atoms with Gasteiger partial charge in [0.25, 0.3) is 0 Å². The molecule has 0 nitrogen and oxygen atoms in total. The monoisotopic (exact) mass is 270 g/mol. The van der Waals surface area contributed by atoms with Crippen molar-refractivity contribution in [1.29, 1.82) is 0 Å². The van der Waals surface area contributed by atoms with E-state index in [0.29, 0.717) is 0 Å². The Hall–Kier alpha value is -1.13. The van der Waals surface area contributed by atoms with E-state index in [1.165, 1.54) is 12.1 Å². The predicted molar refractivity (Wildman–Crippen MR) is 87.4 cm³/mol. The molecule has 0 radical (unpaired) electrons. The second kappa shape index (κ2) is 6.71. The van der Waals surface area contributed by atoms with Gasteiger partial charge in [0.1, 0.15) is 0 Å². The molecule has 0 aromatic heterocycles. The van der Waals surface area contributed by atoms with Gasteiger partial charge < -0.3 is 0 Å². The van der Waals surface area contributed by atoms with Gasteiger partial charge in [-0.15, -0.1) is 0 Å². The topological polar surface area (TPSA) is 0 Å². The molecule has 0 fully saturated rings. The van der Waals surface area contributed by atoms with Gasteiger partial charge in [0.2, 0.25) is 0 Å². The molecule has 0 N–H and O–H groups in total. The van der Waals surface area contributed by atoms with E-state index in [-0.39, 0.29) is 0 Å². The number of hydrogen-bond donors (Lipinski definition) is 0. The molecule has 0 amide bonds. The van der Waals surface area contributed by atoms with Gasteiger partial charge in [-0.3, -0.25) is 0 Å². The molecule has 0 aliphatic carbocycles. The van der Waals surface area contributed by atoms with Crippen LogP contribution in [0.1, 0.15) is 13.8 Å². The second-order valence-electron chi connectivity index (χ2n) is 4.88. The lowest BCUT2D eigenvalue weighted by atomic mass is 10.4. The zero-order valence-corrected chi connectivity index (χ0v) is 13.7. The highest BCUT2D eigenvalue weighted by Crippen LogP contribution is 2.05. The van der Waals surface area contributed by atoms with E-state index in [2.05, 4.69) is 74.5 Å². The average molecular weight is 271 g/mol. The fourth-order valence-corrected chi connectivity index (χ4v) is 14.5. The SMILES string of the molecule is CC[SiH](CC)[SiH](c1ccccc1)c1ccccc1. The highest BCUT2D eigenvalue weighted by atomic mass is 29.2. The molecule has 2 aromatic carbocycles. The van der Waals surface area contributed by atoms with Crippen molar-refractivity contribution in [1.82, 2.24) is 0 Å². The first-order valence-corrected chi connectivity index (χ1v) is 12.4.